The van der Waals surface area contributed by atoms with Crippen LogP contribution in [-0.4, -0.2) is 28.4 Å². The largest absolute Gasteiger partial charge is 0.485 e. The van der Waals surface area contributed by atoms with Crippen LogP contribution in [0.2, 0.25) is 25.7 Å². The molecular formula is C9H19BO2Si. The van der Waals surface area contributed by atoms with Crippen LogP contribution >= 0.6 is 0 Å². The quantitative estimate of drug-likeness (QED) is 0.648. The summed E-state index contributed by atoms with van der Waals surface area (Å²) in [5.41, 5.74) is 0. The van der Waals surface area contributed by atoms with Crippen molar-refractivity contribution in [1.82, 2.24) is 0 Å². The van der Waals surface area contributed by atoms with Gasteiger partial charge in [-0.2, -0.15) is 0 Å². The van der Waals surface area contributed by atoms with E-state index in [2.05, 4.69) is 31.7 Å². The second-order valence-corrected chi connectivity index (χ2v) is 10.2. The molecule has 2 nitrogen and oxygen atoms in total. The lowest BCUT2D eigenvalue weighted by molar-refractivity contribution is 0.142. The Bertz CT molecular complexity index is 171. The average molecular weight is 198 g/mol. The van der Waals surface area contributed by atoms with Gasteiger partial charge in [0.2, 0.25) is 0 Å². The fraction of sp³-hybridized carbons (Fsp3) is 0.778. The average Bonchev–Trinajstić information content (AvgIpc) is 2.04. The van der Waals surface area contributed by atoms with Gasteiger partial charge in [-0.3, -0.25) is 0 Å². The molecule has 0 N–H and O–H groups in total. The normalized spacial score (nSPS) is 19.8. The van der Waals surface area contributed by atoms with Gasteiger partial charge < -0.3 is 9.31 Å². The van der Waals surface area contributed by atoms with E-state index in [-0.39, 0.29) is 7.12 Å². The van der Waals surface area contributed by atoms with Gasteiger partial charge in [0, 0.05) is 21.3 Å². The maximum atomic E-state index is 5.40. The van der Waals surface area contributed by atoms with Crippen LogP contribution in [0.1, 0.15) is 6.42 Å². The first kappa shape index (κ1) is 11.0. The van der Waals surface area contributed by atoms with Gasteiger partial charge in [-0.25, -0.2) is 0 Å². The van der Waals surface area contributed by atoms with E-state index in [4.69, 9.17) is 9.31 Å². The van der Waals surface area contributed by atoms with Crippen molar-refractivity contribution < 1.29 is 9.31 Å². The maximum Gasteiger partial charge on any atom is 0.485 e. The van der Waals surface area contributed by atoms with Crippen molar-refractivity contribution in [2.45, 2.75) is 32.1 Å². The highest BCUT2D eigenvalue weighted by molar-refractivity contribution is 6.76. The van der Waals surface area contributed by atoms with Crippen LogP contribution in [0.5, 0.6) is 0 Å². The van der Waals surface area contributed by atoms with E-state index in [0.29, 0.717) is 0 Å². The second kappa shape index (κ2) is 4.98. The Morgan fingerprint density at radius 2 is 1.85 bits per heavy atom. The first-order valence-corrected chi connectivity index (χ1v) is 8.68. The van der Waals surface area contributed by atoms with Crippen LogP contribution in [0.15, 0.2) is 12.1 Å². The van der Waals surface area contributed by atoms with Crippen LogP contribution in [-0.2, 0) is 9.31 Å². The van der Waals surface area contributed by atoms with Gasteiger partial charge in [-0.15, -0.1) is 0 Å². The third-order valence-corrected chi connectivity index (χ3v) is 3.34. The lowest BCUT2D eigenvalue weighted by Crippen LogP contribution is -2.28. The molecule has 1 aliphatic heterocycles. The third-order valence-electron chi connectivity index (χ3n) is 1.88. The lowest BCUT2D eigenvalue weighted by Gasteiger charge is -2.17. The van der Waals surface area contributed by atoms with Crippen molar-refractivity contribution in [2.75, 3.05) is 13.2 Å². The molecule has 0 bridgehead atoms. The molecule has 74 valence electrons. The second-order valence-electron chi connectivity index (χ2n) is 4.66. The Kier molecular flexibility index (Phi) is 4.22. The van der Waals surface area contributed by atoms with Crippen molar-refractivity contribution in [3.8, 4) is 0 Å². The monoisotopic (exact) mass is 198 g/mol. The Balaban J connectivity index is 2.22. The van der Waals surface area contributed by atoms with E-state index in [9.17, 15) is 0 Å². The number of rotatable bonds is 3. The van der Waals surface area contributed by atoms with Gasteiger partial charge in [0.25, 0.3) is 0 Å². The molecule has 0 spiro atoms. The van der Waals surface area contributed by atoms with Gasteiger partial charge in [0.1, 0.15) is 0 Å². The van der Waals surface area contributed by atoms with E-state index >= 15 is 0 Å². The van der Waals surface area contributed by atoms with Crippen molar-refractivity contribution >= 4 is 15.2 Å². The van der Waals surface area contributed by atoms with E-state index in [1.165, 1.54) is 6.04 Å². The van der Waals surface area contributed by atoms with Crippen LogP contribution in [0.4, 0.5) is 0 Å². The minimum Gasteiger partial charge on any atom is -0.408 e. The molecule has 1 saturated heterocycles. The van der Waals surface area contributed by atoms with Crippen molar-refractivity contribution in [2.24, 2.45) is 0 Å². The highest BCUT2D eigenvalue weighted by atomic mass is 28.3. The van der Waals surface area contributed by atoms with Gasteiger partial charge in [0.15, 0.2) is 0 Å². The zero-order valence-corrected chi connectivity index (χ0v) is 9.88. The molecule has 0 radical (unpaired) electrons. The Morgan fingerprint density at radius 1 is 1.23 bits per heavy atom. The third kappa shape index (κ3) is 5.29. The summed E-state index contributed by atoms with van der Waals surface area (Å²) in [5.74, 6) is 2.05. The molecule has 1 fully saturated rings. The Morgan fingerprint density at radius 3 is 2.38 bits per heavy atom. The topological polar surface area (TPSA) is 18.5 Å². The van der Waals surface area contributed by atoms with Crippen molar-refractivity contribution in [1.29, 1.82) is 0 Å². The predicted octanol–water partition coefficient (Wildman–Crippen LogP) is 2.35. The summed E-state index contributed by atoms with van der Waals surface area (Å²) < 4.78 is 10.8. The summed E-state index contributed by atoms with van der Waals surface area (Å²) in [6, 6.07) is 1.20. The van der Waals surface area contributed by atoms with E-state index < -0.39 is 8.07 Å². The summed E-state index contributed by atoms with van der Waals surface area (Å²) in [4.78, 5) is 0. The molecule has 13 heavy (non-hydrogen) atoms. The standard InChI is InChI=1S/C9H19BO2Si/c1-13(2,3)9-4-6-10-11-7-5-8-12-10/h4,6H,5,7-9H2,1-3H3/b6-4+. The predicted molar refractivity (Wildman–Crippen MR) is 59.6 cm³/mol. The molecule has 0 aromatic heterocycles. The first-order valence-electron chi connectivity index (χ1n) is 4.98. The van der Waals surface area contributed by atoms with E-state index in [1.54, 1.807) is 0 Å². The van der Waals surface area contributed by atoms with Crippen LogP contribution in [0.3, 0.4) is 0 Å². The molecule has 0 aliphatic carbocycles. The molecule has 1 heterocycles. The van der Waals surface area contributed by atoms with Crippen molar-refractivity contribution in [3.63, 3.8) is 0 Å². The minimum atomic E-state index is -0.940. The Hall–Kier alpha value is -0.0582. The lowest BCUT2D eigenvalue weighted by atomic mass is 9.88. The summed E-state index contributed by atoms with van der Waals surface area (Å²) in [6.45, 7) is 8.75. The molecule has 0 saturated carbocycles. The maximum absolute atomic E-state index is 5.40. The van der Waals surface area contributed by atoms with Crippen LogP contribution in [0, 0.1) is 0 Å². The fourth-order valence-corrected chi connectivity index (χ4v) is 1.99. The molecule has 1 aliphatic rings. The highest BCUT2D eigenvalue weighted by Crippen LogP contribution is 2.09. The number of hydrogen-bond donors (Lipinski definition) is 0. The zero-order valence-electron chi connectivity index (χ0n) is 8.88. The van der Waals surface area contributed by atoms with Gasteiger partial charge in [-0.1, -0.05) is 31.7 Å². The molecule has 0 atom stereocenters. The number of hydrogen-bond acceptors (Lipinski definition) is 2. The van der Waals surface area contributed by atoms with E-state index in [1.807, 2.05) is 0 Å². The van der Waals surface area contributed by atoms with Crippen LogP contribution < -0.4 is 0 Å². The summed E-state index contributed by atoms with van der Waals surface area (Å²) >= 11 is 0. The zero-order chi connectivity index (χ0) is 9.73. The molecule has 0 amide bonds. The van der Waals surface area contributed by atoms with Gasteiger partial charge in [0.05, 0.1) is 0 Å². The van der Waals surface area contributed by atoms with E-state index in [0.717, 1.165) is 19.6 Å². The first-order chi connectivity index (χ1) is 6.08. The molecule has 0 aromatic carbocycles. The SMILES string of the molecule is C[Si](C)(C)C/C=C/B1OCCCO1. The molecule has 0 aromatic rings. The van der Waals surface area contributed by atoms with Gasteiger partial charge in [-0.05, 0) is 12.5 Å². The molecule has 1 rings (SSSR count). The highest BCUT2D eigenvalue weighted by Gasteiger charge is 2.18. The summed E-state index contributed by atoms with van der Waals surface area (Å²) in [5, 5.41) is 0. The minimum absolute atomic E-state index is 0.0786. The Labute approximate surface area is 82.5 Å². The summed E-state index contributed by atoms with van der Waals surface area (Å²) in [7, 11) is -1.02. The van der Waals surface area contributed by atoms with Gasteiger partial charge >= 0.3 is 7.12 Å². The summed E-state index contributed by atoms with van der Waals surface area (Å²) in [6.07, 6.45) is 3.24. The molecule has 4 heteroatoms. The fourth-order valence-electron chi connectivity index (χ4n) is 1.15. The van der Waals surface area contributed by atoms with Crippen molar-refractivity contribution in [3.05, 3.63) is 12.1 Å². The molecule has 0 unspecified atom stereocenters. The molecular weight excluding hydrogens is 179 g/mol. The smallest absolute Gasteiger partial charge is 0.408 e. The van der Waals surface area contributed by atoms with Crippen LogP contribution in [0.25, 0.3) is 0 Å². The number of allylic oxidation sites excluding steroid dienone is 1.